The van der Waals surface area contributed by atoms with Crippen molar-refractivity contribution < 1.29 is 9.53 Å². The molecule has 0 fully saturated rings. The summed E-state index contributed by atoms with van der Waals surface area (Å²) in [6.07, 6.45) is 0. The molecular weight excluding hydrogens is 282 g/mol. The van der Waals surface area contributed by atoms with Crippen molar-refractivity contribution in [1.29, 1.82) is 0 Å². The number of likely N-dealkylation sites (N-methyl/N-ethyl adjacent to an activating group) is 1. The van der Waals surface area contributed by atoms with Crippen LogP contribution in [0.15, 0.2) is 29.2 Å². The molecule has 118 valence electrons. The highest BCUT2D eigenvalue weighted by atomic mass is 32.2. The van der Waals surface area contributed by atoms with Crippen LogP contribution in [-0.2, 0) is 14.9 Å². The fraction of sp³-hybridized carbons (Fsp3) is 0.588. The van der Waals surface area contributed by atoms with E-state index in [4.69, 9.17) is 4.74 Å². The Kier molecular flexibility index (Phi) is 6.29. The van der Waals surface area contributed by atoms with Crippen molar-refractivity contribution in [3.8, 4) is 0 Å². The number of thioether (sulfide) groups is 1. The number of ether oxygens (including phenoxy) is 1. The van der Waals surface area contributed by atoms with Gasteiger partial charge < -0.3 is 10.1 Å². The van der Waals surface area contributed by atoms with Gasteiger partial charge >= 0.3 is 5.97 Å². The second-order valence-corrected chi connectivity index (χ2v) is 7.41. The number of rotatable bonds is 6. The van der Waals surface area contributed by atoms with E-state index in [1.807, 2.05) is 13.8 Å². The SMILES string of the molecule is CCOC(=O)C(C)(CSc1ccc(C(C)(C)C)cc1)NC. The first-order valence-electron chi connectivity index (χ1n) is 7.32. The predicted molar refractivity (Wildman–Crippen MR) is 90.0 cm³/mol. The Labute approximate surface area is 132 Å². The fourth-order valence-electron chi connectivity index (χ4n) is 1.80. The number of esters is 1. The topological polar surface area (TPSA) is 38.3 Å². The summed E-state index contributed by atoms with van der Waals surface area (Å²) in [6.45, 7) is 10.7. The predicted octanol–water partition coefficient (Wildman–Crippen LogP) is 3.62. The average Bonchev–Trinajstić information content (AvgIpc) is 2.44. The molecular formula is C17H27NO2S. The van der Waals surface area contributed by atoms with E-state index in [9.17, 15) is 4.79 Å². The third-order valence-corrected chi connectivity index (χ3v) is 4.85. The minimum absolute atomic E-state index is 0.160. The number of carbonyl (C=O) groups is 1. The molecule has 0 radical (unpaired) electrons. The summed E-state index contributed by atoms with van der Waals surface area (Å²) in [5.41, 5.74) is 0.811. The molecule has 0 aromatic heterocycles. The molecule has 1 unspecified atom stereocenters. The minimum atomic E-state index is -0.663. The summed E-state index contributed by atoms with van der Waals surface area (Å²) >= 11 is 1.66. The maximum atomic E-state index is 12.0. The Balaban J connectivity index is 2.71. The fourth-order valence-corrected chi connectivity index (χ4v) is 2.85. The van der Waals surface area contributed by atoms with Gasteiger partial charge in [-0.1, -0.05) is 32.9 Å². The van der Waals surface area contributed by atoms with Gasteiger partial charge in [0.25, 0.3) is 0 Å². The highest BCUT2D eigenvalue weighted by molar-refractivity contribution is 7.99. The van der Waals surface area contributed by atoms with Crippen molar-refractivity contribution in [2.45, 2.75) is 50.5 Å². The molecule has 0 bridgehead atoms. The van der Waals surface area contributed by atoms with Crippen LogP contribution in [0.2, 0.25) is 0 Å². The molecule has 0 aliphatic carbocycles. The third kappa shape index (κ3) is 5.04. The van der Waals surface area contributed by atoms with Crippen LogP contribution in [0.25, 0.3) is 0 Å². The largest absolute Gasteiger partial charge is 0.465 e. The lowest BCUT2D eigenvalue weighted by molar-refractivity contribution is -0.149. The van der Waals surface area contributed by atoms with Crippen LogP contribution in [0.5, 0.6) is 0 Å². The normalized spacial score (nSPS) is 14.6. The van der Waals surface area contributed by atoms with Gasteiger partial charge in [0.15, 0.2) is 0 Å². The first-order chi connectivity index (χ1) is 9.73. The molecule has 0 spiro atoms. The molecule has 1 aromatic rings. The summed E-state index contributed by atoms with van der Waals surface area (Å²) < 4.78 is 5.14. The van der Waals surface area contributed by atoms with Crippen molar-refractivity contribution in [1.82, 2.24) is 5.32 Å². The molecule has 0 aliphatic rings. The van der Waals surface area contributed by atoms with Gasteiger partial charge in [-0.05, 0) is 44.0 Å². The second-order valence-electron chi connectivity index (χ2n) is 6.37. The Bertz CT molecular complexity index is 465. The van der Waals surface area contributed by atoms with Gasteiger partial charge in [-0.2, -0.15) is 0 Å². The van der Waals surface area contributed by atoms with Gasteiger partial charge in [-0.25, -0.2) is 0 Å². The standard InChI is InChI=1S/C17H27NO2S/c1-7-20-15(19)17(5,18-6)12-21-14-10-8-13(9-11-14)16(2,3)4/h8-11,18H,7,12H2,1-6H3. The molecule has 0 saturated carbocycles. The smallest absolute Gasteiger partial charge is 0.326 e. The van der Waals surface area contributed by atoms with Crippen LogP contribution < -0.4 is 5.32 Å². The first kappa shape index (κ1) is 18.1. The number of carbonyl (C=O) groups excluding carboxylic acids is 1. The lowest BCUT2D eigenvalue weighted by Crippen LogP contribution is -2.50. The van der Waals surface area contributed by atoms with Gasteiger partial charge in [0.2, 0.25) is 0 Å². The molecule has 4 heteroatoms. The van der Waals surface area contributed by atoms with Gasteiger partial charge in [0.05, 0.1) is 6.61 Å². The average molecular weight is 309 g/mol. The summed E-state index contributed by atoms with van der Waals surface area (Å²) in [5, 5.41) is 3.07. The summed E-state index contributed by atoms with van der Waals surface area (Å²) in [7, 11) is 1.79. The Morgan fingerprint density at radius 2 is 1.76 bits per heavy atom. The monoisotopic (exact) mass is 309 g/mol. The van der Waals surface area contributed by atoms with Crippen LogP contribution in [0, 0.1) is 0 Å². The zero-order valence-electron chi connectivity index (χ0n) is 13.9. The first-order valence-corrected chi connectivity index (χ1v) is 8.31. The van der Waals surface area contributed by atoms with Crippen LogP contribution in [0.4, 0.5) is 0 Å². The van der Waals surface area contributed by atoms with E-state index in [0.29, 0.717) is 12.4 Å². The van der Waals surface area contributed by atoms with E-state index >= 15 is 0 Å². The quantitative estimate of drug-likeness (QED) is 0.643. The number of hydrogen-bond donors (Lipinski definition) is 1. The molecule has 3 nitrogen and oxygen atoms in total. The third-order valence-electron chi connectivity index (χ3n) is 3.53. The lowest BCUT2D eigenvalue weighted by Gasteiger charge is -2.26. The summed E-state index contributed by atoms with van der Waals surface area (Å²) in [6, 6.07) is 8.55. The van der Waals surface area contributed by atoms with Crippen molar-refractivity contribution in [3.05, 3.63) is 29.8 Å². The van der Waals surface area contributed by atoms with Crippen molar-refractivity contribution in [3.63, 3.8) is 0 Å². The van der Waals surface area contributed by atoms with Crippen molar-refractivity contribution in [2.24, 2.45) is 0 Å². The molecule has 0 saturated heterocycles. The van der Waals surface area contributed by atoms with Gasteiger partial charge in [-0.3, -0.25) is 4.79 Å². The molecule has 1 N–H and O–H groups in total. The lowest BCUT2D eigenvalue weighted by atomic mass is 9.87. The Morgan fingerprint density at radius 1 is 1.19 bits per heavy atom. The molecule has 0 heterocycles. The highest BCUT2D eigenvalue weighted by Gasteiger charge is 2.33. The highest BCUT2D eigenvalue weighted by Crippen LogP contribution is 2.27. The number of benzene rings is 1. The molecule has 0 aliphatic heterocycles. The van der Waals surface area contributed by atoms with Gasteiger partial charge in [0, 0.05) is 10.6 Å². The van der Waals surface area contributed by atoms with Crippen molar-refractivity contribution >= 4 is 17.7 Å². The maximum absolute atomic E-state index is 12.0. The molecule has 0 amide bonds. The van der Waals surface area contributed by atoms with E-state index in [1.165, 1.54) is 5.56 Å². The van der Waals surface area contributed by atoms with Crippen LogP contribution in [-0.4, -0.2) is 30.9 Å². The van der Waals surface area contributed by atoms with Crippen LogP contribution in [0.3, 0.4) is 0 Å². The van der Waals surface area contributed by atoms with Crippen LogP contribution in [0.1, 0.15) is 40.2 Å². The molecule has 21 heavy (non-hydrogen) atoms. The summed E-state index contributed by atoms with van der Waals surface area (Å²) in [4.78, 5) is 13.2. The zero-order valence-corrected chi connectivity index (χ0v) is 14.8. The Morgan fingerprint density at radius 3 is 2.19 bits per heavy atom. The zero-order chi connectivity index (χ0) is 16.1. The molecule has 1 rings (SSSR count). The van der Waals surface area contributed by atoms with Crippen molar-refractivity contribution in [2.75, 3.05) is 19.4 Å². The second kappa shape index (κ2) is 7.32. The van der Waals surface area contributed by atoms with Gasteiger partial charge in [0.1, 0.15) is 5.54 Å². The van der Waals surface area contributed by atoms with E-state index in [2.05, 4.69) is 50.4 Å². The maximum Gasteiger partial charge on any atom is 0.326 e. The summed E-state index contributed by atoms with van der Waals surface area (Å²) in [5.74, 6) is 0.434. The number of nitrogens with one attached hydrogen (secondary N) is 1. The van der Waals surface area contributed by atoms with E-state index in [0.717, 1.165) is 4.90 Å². The van der Waals surface area contributed by atoms with E-state index in [-0.39, 0.29) is 11.4 Å². The number of hydrogen-bond acceptors (Lipinski definition) is 4. The van der Waals surface area contributed by atoms with E-state index < -0.39 is 5.54 Å². The minimum Gasteiger partial charge on any atom is -0.465 e. The van der Waals surface area contributed by atoms with Crippen LogP contribution >= 0.6 is 11.8 Å². The van der Waals surface area contributed by atoms with Gasteiger partial charge in [-0.15, -0.1) is 11.8 Å². The molecule has 1 atom stereocenters. The molecule has 1 aromatic carbocycles. The Hall–Kier alpha value is -1.00. The van der Waals surface area contributed by atoms with E-state index in [1.54, 1.807) is 18.8 Å².